The second-order valence-electron chi connectivity index (χ2n) is 7.73. The number of phenols is 1. The van der Waals surface area contributed by atoms with Crippen molar-refractivity contribution in [3.05, 3.63) is 127 Å². The molecule has 5 aromatic rings. The second-order valence-corrected chi connectivity index (χ2v) is 7.73. The van der Waals surface area contributed by atoms with Gasteiger partial charge in [0.25, 0.3) is 0 Å². The normalized spacial score (nSPS) is 10.9. The van der Waals surface area contributed by atoms with Crippen LogP contribution in [-0.4, -0.2) is 5.11 Å². The Morgan fingerprint density at radius 3 is 1.71 bits per heavy atom. The Labute approximate surface area is 198 Å². The number of hydrogen-bond acceptors (Lipinski definition) is 4. The van der Waals surface area contributed by atoms with Gasteiger partial charge in [-0.1, -0.05) is 91.0 Å². The third-order valence-electron chi connectivity index (χ3n) is 5.40. The minimum atomic E-state index is 0.0679. The van der Waals surface area contributed by atoms with Gasteiger partial charge in [-0.15, -0.1) is 10.2 Å². The topological polar surface area (TPSA) is 54.2 Å². The highest BCUT2D eigenvalue weighted by Gasteiger charge is 2.07. The van der Waals surface area contributed by atoms with Gasteiger partial charge in [0.05, 0.1) is 0 Å². The van der Waals surface area contributed by atoms with Gasteiger partial charge in [-0.3, -0.25) is 0 Å². The van der Waals surface area contributed by atoms with Crippen LogP contribution in [0.3, 0.4) is 0 Å². The van der Waals surface area contributed by atoms with E-state index in [1.54, 1.807) is 6.07 Å². The second kappa shape index (κ2) is 9.84. The number of hydrogen-bond donors (Lipinski definition) is 1. The first-order valence-electron chi connectivity index (χ1n) is 11.0. The molecule has 0 radical (unpaired) electrons. The van der Waals surface area contributed by atoms with E-state index < -0.39 is 0 Å². The van der Waals surface area contributed by atoms with Gasteiger partial charge >= 0.3 is 0 Å². The summed E-state index contributed by atoms with van der Waals surface area (Å²) >= 11 is 0. The van der Waals surface area contributed by atoms with E-state index in [0.717, 1.165) is 22.3 Å². The molecule has 1 N–H and O–H groups in total. The lowest BCUT2D eigenvalue weighted by molar-refractivity contribution is 0.476. The summed E-state index contributed by atoms with van der Waals surface area (Å²) in [6.07, 6.45) is 0. The predicted octanol–water partition coefficient (Wildman–Crippen LogP) is 8.93. The molecule has 0 unspecified atom stereocenters. The fourth-order valence-electron chi connectivity index (χ4n) is 3.62. The van der Waals surface area contributed by atoms with Crippen molar-refractivity contribution in [2.45, 2.75) is 0 Å². The van der Waals surface area contributed by atoms with Crippen LogP contribution < -0.4 is 4.74 Å². The molecule has 0 bridgehead atoms. The lowest BCUT2D eigenvalue weighted by Gasteiger charge is -2.09. The van der Waals surface area contributed by atoms with E-state index in [1.165, 1.54) is 0 Å². The Morgan fingerprint density at radius 2 is 1.00 bits per heavy atom. The molecule has 0 saturated carbocycles. The first-order valence-corrected chi connectivity index (χ1v) is 11.0. The fourth-order valence-corrected chi connectivity index (χ4v) is 3.62. The summed E-state index contributed by atoms with van der Waals surface area (Å²) < 4.78 is 6.10. The Bertz CT molecular complexity index is 1410. The minimum Gasteiger partial charge on any atom is -0.506 e. The minimum absolute atomic E-state index is 0.0679. The van der Waals surface area contributed by atoms with Crippen LogP contribution in [0.2, 0.25) is 0 Å². The van der Waals surface area contributed by atoms with Gasteiger partial charge < -0.3 is 9.84 Å². The van der Waals surface area contributed by atoms with Crippen LogP contribution >= 0.6 is 0 Å². The molecular formula is C30H22N2O2. The lowest BCUT2D eigenvalue weighted by atomic mass is 10.1. The number of rotatable bonds is 6. The van der Waals surface area contributed by atoms with Crippen molar-refractivity contribution in [2.24, 2.45) is 10.2 Å². The molecule has 0 aliphatic rings. The number of azo groups is 1. The molecular weight excluding hydrogens is 420 g/mol. The van der Waals surface area contributed by atoms with Gasteiger partial charge in [-0.05, 0) is 58.7 Å². The highest BCUT2D eigenvalue weighted by molar-refractivity contribution is 5.70. The highest BCUT2D eigenvalue weighted by Crippen LogP contribution is 2.36. The number of nitrogens with zero attached hydrogens (tertiary/aromatic N) is 2. The summed E-state index contributed by atoms with van der Waals surface area (Å²) in [6.45, 7) is 0. The average Bonchev–Trinajstić information content (AvgIpc) is 2.90. The van der Waals surface area contributed by atoms with Gasteiger partial charge in [-0.2, -0.15) is 0 Å². The quantitative estimate of drug-likeness (QED) is 0.267. The summed E-state index contributed by atoms with van der Waals surface area (Å²) in [5.74, 6) is 1.35. The lowest BCUT2D eigenvalue weighted by Crippen LogP contribution is -1.85. The molecule has 0 amide bonds. The van der Waals surface area contributed by atoms with Crippen LogP contribution in [0, 0.1) is 0 Å². The smallest absolute Gasteiger partial charge is 0.154 e. The van der Waals surface area contributed by atoms with E-state index in [-0.39, 0.29) is 5.75 Å². The van der Waals surface area contributed by atoms with Crippen LogP contribution in [0.1, 0.15) is 0 Å². The van der Waals surface area contributed by atoms with Gasteiger partial charge in [0.2, 0.25) is 0 Å². The van der Waals surface area contributed by atoms with Crippen LogP contribution in [0.15, 0.2) is 138 Å². The van der Waals surface area contributed by atoms with E-state index >= 15 is 0 Å². The first kappa shape index (κ1) is 21.2. The van der Waals surface area contributed by atoms with Crippen molar-refractivity contribution in [1.29, 1.82) is 0 Å². The number of phenolic OH excluding ortho intramolecular Hbond substituents is 1. The van der Waals surface area contributed by atoms with Crippen molar-refractivity contribution in [3.63, 3.8) is 0 Å². The zero-order valence-corrected chi connectivity index (χ0v) is 18.4. The van der Waals surface area contributed by atoms with Crippen molar-refractivity contribution < 1.29 is 9.84 Å². The van der Waals surface area contributed by atoms with Crippen LogP contribution in [0.25, 0.3) is 22.3 Å². The number of aromatic hydroxyl groups is 1. The number of para-hydroxylation sites is 1. The molecule has 34 heavy (non-hydrogen) atoms. The molecule has 164 valence electrons. The Kier molecular flexibility index (Phi) is 6.12. The van der Waals surface area contributed by atoms with Crippen molar-refractivity contribution in [1.82, 2.24) is 0 Å². The first-order chi connectivity index (χ1) is 16.8. The third kappa shape index (κ3) is 4.87. The molecule has 0 aliphatic heterocycles. The Morgan fingerprint density at radius 1 is 0.471 bits per heavy atom. The van der Waals surface area contributed by atoms with Gasteiger partial charge in [0.1, 0.15) is 22.9 Å². The molecule has 5 aromatic carbocycles. The van der Waals surface area contributed by atoms with Crippen LogP contribution in [-0.2, 0) is 0 Å². The largest absolute Gasteiger partial charge is 0.506 e. The van der Waals surface area contributed by atoms with E-state index in [2.05, 4.69) is 22.4 Å². The molecule has 0 atom stereocenters. The van der Waals surface area contributed by atoms with Crippen LogP contribution in [0.5, 0.6) is 17.2 Å². The molecule has 0 fully saturated rings. The standard InChI is InChI=1S/C30H22N2O2/c33-29-20-17-25(23-11-5-2-6-12-23)21-28(29)32-31-27-13-7-8-14-30(27)34-26-18-15-24(16-19-26)22-9-3-1-4-10-22/h1-21,33H. The van der Waals surface area contributed by atoms with E-state index in [0.29, 0.717) is 22.9 Å². The molecule has 5 rings (SSSR count). The summed E-state index contributed by atoms with van der Waals surface area (Å²) in [4.78, 5) is 0. The molecule has 4 heteroatoms. The summed E-state index contributed by atoms with van der Waals surface area (Å²) in [7, 11) is 0. The third-order valence-corrected chi connectivity index (χ3v) is 5.40. The highest BCUT2D eigenvalue weighted by atomic mass is 16.5. The Hall–Kier alpha value is -4.70. The fraction of sp³-hybridized carbons (Fsp3) is 0. The maximum atomic E-state index is 10.3. The molecule has 0 spiro atoms. The maximum absolute atomic E-state index is 10.3. The van der Waals surface area contributed by atoms with E-state index in [4.69, 9.17) is 4.74 Å². The SMILES string of the molecule is Oc1ccc(-c2ccccc2)cc1N=Nc1ccccc1Oc1ccc(-c2ccccc2)cc1. The molecule has 0 aromatic heterocycles. The molecule has 0 saturated heterocycles. The van der Waals surface area contributed by atoms with Gasteiger partial charge in [0.15, 0.2) is 5.75 Å². The number of ether oxygens (including phenoxy) is 1. The monoisotopic (exact) mass is 442 g/mol. The van der Waals surface area contributed by atoms with E-state index in [9.17, 15) is 5.11 Å². The summed E-state index contributed by atoms with van der Waals surface area (Å²) in [6, 6.07) is 40.8. The molecule has 4 nitrogen and oxygen atoms in total. The zero-order chi connectivity index (χ0) is 23.2. The van der Waals surface area contributed by atoms with Crippen molar-refractivity contribution >= 4 is 11.4 Å². The van der Waals surface area contributed by atoms with Gasteiger partial charge in [0, 0.05) is 0 Å². The van der Waals surface area contributed by atoms with E-state index in [1.807, 2.05) is 109 Å². The van der Waals surface area contributed by atoms with Crippen molar-refractivity contribution in [3.8, 4) is 39.5 Å². The van der Waals surface area contributed by atoms with Crippen LogP contribution in [0.4, 0.5) is 11.4 Å². The summed E-state index contributed by atoms with van der Waals surface area (Å²) in [5, 5.41) is 19.0. The predicted molar refractivity (Wildman–Crippen MR) is 136 cm³/mol. The summed E-state index contributed by atoms with van der Waals surface area (Å²) in [5.41, 5.74) is 5.23. The average molecular weight is 443 g/mol. The maximum Gasteiger partial charge on any atom is 0.154 e. The number of benzene rings is 5. The van der Waals surface area contributed by atoms with Gasteiger partial charge in [-0.25, -0.2) is 0 Å². The molecule has 0 heterocycles. The van der Waals surface area contributed by atoms with Crippen molar-refractivity contribution in [2.75, 3.05) is 0 Å². The molecule has 0 aliphatic carbocycles. The zero-order valence-electron chi connectivity index (χ0n) is 18.4. The Balaban J connectivity index is 1.38.